The van der Waals surface area contributed by atoms with E-state index in [1.807, 2.05) is 44.2 Å². The van der Waals surface area contributed by atoms with Crippen LogP contribution in [0.2, 0.25) is 5.02 Å². The fourth-order valence-corrected chi connectivity index (χ4v) is 4.43. The third kappa shape index (κ3) is 6.71. The summed E-state index contributed by atoms with van der Waals surface area (Å²) in [4.78, 5) is 27.3. The highest BCUT2D eigenvalue weighted by Crippen LogP contribution is 2.25. The van der Waals surface area contributed by atoms with Crippen molar-refractivity contribution in [1.82, 2.24) is 10.2 Å². The largest absolute Gasteiger partial charge is 0.357 e. The molecule has 0 aliphatic rings. The summed E-state index contributed by atoms with van der Waals surface area (Å²) in [5.74, 6) is -0.753. The van der Waals surface area contributed by atoms with Crippen LogP contribution in [0.5, 0.6) is 0 Å². The van der Waals surface area contributed by atoms with E-state index < -0.39 is 28.5 Å². The Labute approximate surface area is 195 Å². The molecule has 0 saturated heterocycles. The lowest BCUT2D eigenvalue weighted by atomic mass is 10.1. The molecule has 2 rings (SSSR count). The fraction of sp³-hybridized carbons (Fsp3) is 0.391. The molecule has 0 aromatic heterocycles. The molecule has 0 aliphatic heterocycles. The minimum absolute atomic E-state index is 0.279. The van der Waals surface area contributed by atoms with E-state index in [0.29, 0.717) is 23.6 Å². The van der Waals surface area contributed by atoms with Crippen LogP contribution >= 0.6 is 11.6 Å². The number of hydrogen-bond donors (Lipinski definition) is 1. The first-order valence-corrected chi connectivity index (χ1v) is 12.6. The number of aryl methyl sites for hydroxylation is 1. The zero-order valence-corrected chi connectivity index (χ0v) is 20.4. The molecule has 0 unspecified atom stereocenters. The molecular formula is C23H30ClN3O4S. The van der Waals surface area contributed by atoms with Gasteiger partial charge in [-0.1, -0.05) is 54.9 Å². The van der Waals surface area contributed by atoms with E-state index >= 15 is 0 Å². The summed E-state index contributed by atoms with van der Waals surface area (Å²) in [6.45, 7) is 3.47. The minimum atomic E-state index is -3.77. The Morgan fingerprint density at radius 2 is 1.78 bits per heavy atom. The summed E-state index contributed by atoms with van der Waals surface area (Å²) in [7, 11) is -2.26. The lowest BCUT2D eigenvalue weighted by Gasteiger charge is -2.32. The van der Waals surface area contributed by atoms with Gasteiger partial charge in [0.25, 0.3) is 0 Å². The van der Waals surface area contributed by atoms with Crippen molar-refractivity contribution in [1.29, 1.82) is 0 Å². The second kappa shape index (κ2) is 11.3. The predicted octanol–water partition coefficient (Wildman–Crippen LogP) is 3.01. The SMILES string of the molecule is CC[C@H](C(=O)NC)N(CCc1ccccc1)C(=O)CN(c1ccc(C)c(Cl)c1)S(C)(=O)=O. The molecule has 2 aromatic rings. The van der Waals surface area contributed by atoms with E-state index in [-0.39, 0.29) is 12.5 Å². The van der Waals surface area contributed by atoms with Crippen molar-refractivity contribution in [3.63, 3.8) is 0 Å². The number of hydrogen-bond acceptors (Lipinski definition) is 4. The van der Waals surface area contributed by atoms with Crippen LogP contribution in [0, 0.1) is 6.92 Å². The average molecular weight is 480 g/mol. The lowest BCUT2D eigenvalue weighted by molar-refractivity contribution is -0.139. The first kappa shape index (κ1) is 25.7. The molecule has 0 heterocycles. The topological polar surface area (TPSA) is 86.8 Å². The summed E-state index contributed by atoms with van der Waals surface area (Å²) in [5.41, 5.74) is 2.11. The van der Waals surface area contributed by atoms with Crippen molar-refractivity contribution >= 4 is 39.1 Å². The van der Waals surface area contributed by atoms with E-state index in [1.54, 1.807) is 12.1 Å². The number of anilines is 1. The summed E-state index contributed by atoms with van der Waals surface area (Å²) in [6.07, 6.45) is 1.98. The molecule has 1 atom stereocenters. The van der Waals surface area contributed by atoms with Crippen LogP contribution in [0.3, 0.4) is 0 Å². The van der Waals surface area contributed by atoms with Gasteiger partial charge in [-0.3, -0.25) is 13.9 Å². The van der Waals surface area contributed by atoms with Crippen molar-refractivity contribution in [2.45, 2.75) is 32.7 Å². The number of nitrogens with zero attached hydrogens (tertiary/aromatic N) is 2. The average Bonchev–Trinajstić information content (AvgIpc) is 2.76. The Morgan fingerprint density at radius 3 is 2.31 bits per heavy atom. The number of amides is 2. The van der Waals surface area contributed by atoms with Crippen molar-refractivity contribution in [3.05, 3.63) is 64.7 Å². The normalized spacial score (nSPS) is 12.2. The van der Waals surface area contributed by atoms with Crippen LogP contribution in [0.4, 0.5) is 5.69 Å². The number of benzene rings is 2. The van der Waals surface area contributed by atoms with Gasteiger partial charge >= 0.3 is 0 Å². The van der Waals surface area contributed by atoms with E-state index in [4.69, 9.17) is 11.6 Å². The molecule has 32 heavy (non-hydrogen) atoms. The zero-order valence-electron chi connectivity index (χ0n) is 18.8. The Kier molecular flexibility index (Phi) is 9.09. The first-order chi connectivity index (χ1) is 15.1. The summed E-state index contributed by atoms with van der Waals surface area (Å²) in [6, 6.07) is 13.7. The molecule has 0 aliphatic carbocycles. The van der Waals surface area contributed by atoms with Crippen molar-refractivity contribution in [3.8, 4) is 0 Å². The number of rotatable bonds is 10. The van der Waals surface area contributed by atoms with Crippen LogP contribution < -0.4 is 9.62 Å². The van der Waals surface area contributed by atoms with Gasteiger partial charge in [0, 0.05) is 18.6 Å². The number of sulfonamides is 1. The first-order valence-electron chi connectivity index (χ1n) is 10.4. The van der Waals surface area contributed by atoms with Crippen LogP contribution in [-0.2, 0) is 26.0 Å². The summed E-state index contributed by atoms with van der Waals surface area (Å²) < 4.78 is 26.1. The highest BCUT2D eigenvalue weighted by molar-refractivity contribution is 7.92. The molecule has 1 N–H and O–H groups in total. The van der Waals surface area contributed by atoms with Gasteiger partial charge in [0.05, 0.1) is 11.9 Å². The zero-order chi connectivity index (χ0) is 23.9. The van der Waals surface area contributed by atoms with E-state index in [2.05, 4.69) is 5.32 Å². The molecule has 0 fully saturated rings. The molecule has 0 radical (unpaired) electrons. The Balaban J connectivity index is 2.36. The molecule has 7 nitrogen and oxygen atoms in total. The second-order valence-corrected chi connectivity index (χ2v) is 9.88. The van der Waals surface area contributed by atoms with Crippen LogP contribution in [0.25, 0.3) is 0 Å². The maximum absolute atomic E-state index is 13.4. The molecule has 9 heteroatoms. The summed E-state index contributed by atoms with van der Waals surface area (Å²) in [5, 5.41) is 3.00. The minimum Gasteiger partial charge on any atom is -0.357 e. The molecule has 174 valence electrons. The number of likely N-dealkylation sites (N-methyl/N-ethyl adjacent to an activating group) is 1. The van der Waals surface area contributed by atoms with Crippen molar-refractivity contribution in [2.24, 2.45) is 0 Å². The van der Waals surface area contributed by atoms with E-state index in [1.165, 1.54) is 18.0 Å². The molecular weight excluding hydrogens is 450 g/mol. The number of carbonyl (C=O) groups is 2. The van der Waals surface area contributed by atoms with Gasteiger partial charge in [-0.05, 0) is 43.0 Å². The standard InChI is InChI=1S/C23H30ClN3O4S/c1-5-21(23(29)25-3)26(14-13-18-9-7-6-8-10-18)22(28)16-27(32(4,30)31)19-12-11-17(2)20(24)15-19/h6-12,15,21H,5,13-14,16H2,1-4H3,(H,25,29)/t21-/m1/s1. The molecule has 0 spiro atoms. The van der Waals surface area contributed by atoms with Gasteiger partial charge < -0.3 is 10.2 Å². The molecule has 2 amide bonds. The highest BCUT2D eigenvalue weighted by atomic mass is 35.5. The van der Waals surface area contributed by atoms with Crippen LogP contribution in [0.1, 0.15) is 24.5 Å². The maximum Gasteiger partial charge on any atom is 0.244 e. The van der Waals surface area contributed by atoms with Crippen molar-refractivity contribution in [2.75, 3.05) is 30.7 Å². The molecule has 0 bridgehead atoms. The van der Waals surface area contributed by atoms with E-state index in [9.17, 15) is 18.0 Å². The third-order valence-electron chi connectivity index (χ3n) is 5.24. The maximum atomic E-state index is 13.4. The van der Waals surface area contributed by atoms with Gasteiger partial charge in [-0.25, -0.2) is 8.42 Å². The fourth-order valence-electron chi connectivity index (χ4n) is 3.41. The highest BCUT2D eigenvalue weighted by Gasteiger charge is 2.31. The lowest BCUT2D eigenvalue weighted by Crippen LogP contribution is -2.52. The van der Waals surface area contributed by atoms with Gasteiger partial charge in [0.1, 0.15) is 12.6 Å². The number of halogens is 1. The van der Waals surface area contributed by atoms with Gasteiger partial charge in [0.2, 0.25) is 21.8 Å². The Morgan fingerprint density at radius 1 is 1.12 bits per heavy atom. The third-order valence-corrected chi connectivity index (χ3v) is 6.79. The summed E-state index contributed by atoms with van der Waals surface area (Å²) >= 11 is 6.19. The van der Waals surface area contributed by atoms with Gasteiger partial charge in [-0.15, -0.1) is 0 Å². The smallest absolute Gasteiger partial charge is 0.244 e. The Bertz CT molecular complexity index is 1040. The quantitative estimate of drug-likeness (QED) is 0.567. The monoisotopic (exact) mass is 479 g/mol. The van der Waals surface area contributed by atoms with Gasteiger partial charge in [0.15, 0.2) is 0 Å². The van der Waals surface area contributed by atoms with Crippen molar-refractivity contribution < 1.29 is 18.0 Å². The van der Waals surface area contributed by atoms with Crippen LogP contribution in [-0.4, -0.2) is 57.6 Å². The Hall–Kier alpha value is -2.58. The second-order valence-electron chi connectivity index (χ2n) is 7.56. The predicted molar refractivity (Wildman–Crippen MR) is 128 cm³/mol. The van der Waals surface area contributed by atoms with Crippen LogP contribution in [0.15, 0.2) is 48.5 Å². The van der Waals surface area contributed by atoms with Gasteiger partial charge in [-0.2, -0.15) is 0 Å². The molecule has 2 aromatic carbocycles. The number of carbonyl (C=O) groups excluding carboxylic acids is 2. The molecule has 0 saturated carbocycles. The number of nitrogens with one attached hydrogen (secondary N) is 1. The van der Waals surface area contributed by atoms with E-state index in [0.717, 1.165) is 21.7 Å².